The van der Waals surface area contributed by atoms with Crippen LogP contribution < -0.4 is 4.31 Å². The van der Waals surface area contributed by atoms with Gasteiger partial charge in [-0.25, -0.2) is 12.8 Å². The van der Waals surface area contributed by atoms with Gasteiger partial charge in [-0.3, -0.25) is 9.10 Å². The van der Waals surface area contributed by atoms with E-state index < -0.39 is 28.2 Å². The number of aliphatic carboxylic acids is 1. The summed E-state index contributed by atoms with van der Waals surface area (Å²) in [5.41, 5.74) is 4.00. The van der Waals surface area contributed by atoms with Gasteiger partial charge in [-0.15, -0.1) is 0 Å². The zero-order chi connectivity index (χ0) is 25.1. The SMILES string of the molecule is Cc1cc(-c2c(C)c3c(c(C)c2CC(=O)O)N(S(C)(=O)=O)Cc2cccc(F)c2-3)c(O)cc1Cl. The zero-order valence-corrected chi connectivity index (χ0v) is 20.6. The number of hydrogen-bond donors (Lipinski definition) is 2. The number of nitrogens with zero attached hydrogens (tertiary/aromatic N) is 1. The van der Waals surface area contributed by atoms with Gasteiger partial charge in [-0.2, -0.15) is 0 Å². The minimum atomic E-state index is -3.78. The van der Waals surface area contributed by atoms with Gasteiger partial charge in [0.2, 0.25) is 10.0 Å². The molecule has 4 rings (SSSR count). The van der Waals surface area contributed by atoms with Gasteiger partial charge in [-0.1, -0.05) is 23.7 Å². The number of carbonyl (C=O) groups is 1. The number of halogens is 2. The molecule has 0 saturated carbocycles. The van der Waals surface area contributed by atoms with Crippen molar-refractivity contribution < 1.29 is 27.8 Å². The molecule has 6 nitrogen and oxygen atoms in total. The molecule has 0 aromatic heterocycles. The third-order valence-electron chi connectivity index (χ3n) is 6.28. The summed E-state index contributed by atoms with van der Waals surface area (Å²) in [4.78, 5) is 11.8. The van der Waals surface area contributed by atoms with E-state index in [4.69, 9.17) is 11.6 Å². The monoisotopic (exact) mass is 503 g/mol. The molecule has 0 fully saturated rings. The van der Waals surface area contributed by atoms with Crippen molar-refractivity contribution in [3.63, 3.8) is 0 Å². The van der Waals surface area contributed by atoms with E-state index in [1.54, 1.807) is 32.9 Å². The fourth-order valence-corrected chi connectivity index (χ4v) is 5.86. The van der Waals surface area contributed by atoms with Gasteiger partial charge in [0.1, 0.15) is 11.6 Å². The lowest BCUT2D eigenvalue weighted by molar-refractivity contribution is -0.136. The Bertz CT molecular complexity index is 1480. The number of aryl methyl sites for hydroxylation is 1. The van der Waals surface area contributed by atoms with Crippen LogP contribution in [-0.4, -0.2) is 30.9 Å². The summed E-state index contributed by atoms with van der Waals surface area (Å²) in [7, 11) is -3.78. The number of benzene rings is 3. The Balaban J connectivity index is 2.24. The fraction of sp³-hybridized carbons (Fsp3) is 0.240. The Kier molecular flexibility index (Phi) is 5.86. The number of phenols is 1. The Morgan fingerprint density at radius 2 is 1.79 bits per heavy atom. The van der Waals surface area contributed by atoms with Gasteiger partial charge in [0.15, 0.2) is 0 Å². The van der Waals surface area contributed by atoms with Crippen molar-refractivity contribution in [3.8, 4) is 28.0 Å². The van der Waals surface area contributed by atoms with E-state index in [2.05, 4.69) is 0 Å². The van der Waals surface area contributed by atoms with Crippen LogP contribution in [-0.2, 0) is 27.8 Å². The van der Waals surface area contributed by atoms with Crippen molar-refractivity contribution in [2.75, 3.05) is 10.6 Å². The zero-order valence-electron chi connectivity index (χ0n) is 19.0. The maximum absolute atomic E-state index is 15.2. The minimum Gasteiger partial charge on any atom is -0.507 e. The number of carboxylic acids is 1. The van der Waals surface area contributed by atoms with Crippen LogP contribution in [0.25, 0.3) is 22.3 Å². The second-order valence-corrected chi connectivity index (χ2v) is 10.9. The normalized spacial score (nSPS) is 12.9. The van der Waals surface area contributed by atoms with Crippen molar-refractivity contribution in [2.24, 2.45) is 0 Å². The van der Waals surface area contributed by atoms with Gasteiger partial charge in [0, 0.05) is 21.7 Å². The molecule has 3 aromatic rings. The molecule has 9 heteroatoms. The lowest BCUT2D eigenvalue weighted by atomic mass is 9.80. The molecule has 0 spiro atoms. The first-order chi connectivity index (χ1) is 15.8. The van der Waals surface area contributed by atoms with Crippen LogP contribution in [0.5, 0.6) is 5.75 Å². The van der Waals surface area contributed by atoms with Gasteiger partial charge in [0.05, 0.1) is 24.9 Å². The van der Waals surface area contributed by atoms with Crippen LogP contribution in [0.2, 0.25) is 5.02 Å². The van der Waals surface area contributed by atoms with E-state index in [9.17, 15) is 23.4 Å². The number of hydrogen-bond acceptors (Lipinski definition) is 4. The van der Waals surface area contributed by atoms with E-state index in [0.29, 0.717) is 49.5 Å². The molecule has 1 aliphatic heterocycles. The highest BCUT2D eigenvalue weighted by molar-refractivity contribution is 7.92. The van der Waals surface area contributed by atoms with Gasteiger partial charge in [-0.05, 0) is 72.4 Å². The molecule has 0 saturated heterocycles. The average Bonchev–Trinajstić information content (AvgIpc) is 2.73. The van der Waals surface area contributed by atoms with Crippen LogP contribution >= 0.6 is 11.6 Å². The third-order valence-corrected chi connectivity index (χ3v) is 7.80. The number of aromatic hydroxyl groups is 1. The fourth-order valence-electron chi connectivity index (χ4n) is 4.77. The Morgan fingerprint density at radius 1 is 1.12 bits per heavy atom. The van der Waals surface area contributed by atoms with E-state index >= 15 is 4.39 Å². The lowest BCUT2D eigenvalue weighted by Crippen LogP contribution is -2.34. The van der Waals surface area contributed by atoms with E-state index in [-0.39, 0.29) is 23.5 Å². The molecule has 1 heterocycles. The molecule has 0 radical (unpaired) electrons. The molecular formula is C25H23ClFNO5S. The van der Waals surface area contributed by atoms with Crippen molar-refractivity contribution in [2.45, 2.75) is 33.7 Å². The van der Waals surface area contributed by atoms with Crippen LogP contribution in [0.4, 0.5) is 10.1 Å². The number of carboxylic acid groups (broad SMARTS) is 1. The number of phenolic OH excluding ortho intramolecular Hbond substituents is 1. The van der Waals surface area contributed by atoms with Gasteiger partial charge in [0.25, 0.3) is 0 Å². The second-order valence-electron chi connectivity index (χ2n) is 8.56. The van der Waals surface area contributed by atoms with Crippen LogP contribution in [0, 0.1) is 26.6 Å². The summed E-state index contributed by atoms with van der Waals surface area (Å²) < 4.78 is 42.0. The maximum Gasteiger partial charge on any atom is 0.307 e. The summed E-state index contributed by atoms with van der Waals surface area (Å²) >= 11 is 6.16. The van der Waals surface area contributed by atoms with Crippen molar-refractivity contribution in [1.82, 2.24) is 0 Å². The standard InChI is InChI=1S/C25H23ClFNO5S/c1-12-8-17(20(29)10-18(12)26)22-14(3)23-24-15(6-5-7-19(24)27)11-28(34(4,32)33)25(23)13(2)16(22)9-21(30)31/h5-8,10,29H,9,11H2,1-4H3,(H,30,31). The molecule has 0 unspecified atom stereocenters. The quantitative estimate of drug-likeness (QED) is 0.500. The predicted octanol–water partition coefficient (Wildman–Crippen LogP) is 5.35. The predicted molar refractivity (Wildman–Crippen MR) is 131 cm³/mol. The van der Waals surface area contributed by atoms with Crippen LogP contribution in [0.1, 0.15) is 27.8 Å². The molecule has 0 bridgehead atoms. The Morgan fingerprint density at radius 3 is 2.41 bits per heavy atom. The summed E-state index contributed by atoms with van der Waals surface area (Å²) in [6.45, 7) is 4.99. The molecule has 34 heavy (non-hydrogen) atoms. The number of sulfonamides is 1. The van der Waals surface area contributed by atoms with Crippen molar-refractivity contribution >= 4 is 33.3 Å². The van der Waals surface area contributed by atoms with Crippen LogP contribution in [0.3, 0.4) is 0 Å². The summed E-state index contributed by atoms with van der Waals surface area (Å²) in [6.07, 6.45) is 0.646. The number of fused-ring (bicyclic) bond motifs is 3. The van der Waals surface area contributed by atoms with E-state index in [1.165, 1.54) is 22.5 Å². The van der Waals surface area contributed by atoms with Crippen molar-refractivity contribution in [1.29, 1.82) is 0 Å². The Labute approximate surface area is 202 Å². The largest absolute Gasteiger partial charge is 0.507 e. The molecule has 2 N–H and O–H groups in total. The minimum absolute atomic E-state index is 0.0730. The molecule has 3 aromatic carbocycles. The molecule has 0 atom stereocenters. The highest BCUT2D eigenvalue weighted by Crippen LogP contribution is 2.51. The summed E-state index contributed by atoms with van der Waals surface area (Å²) in [5, 5.41) is 20.8. The second kappa shape index (κ2) is 8.29. The lowest BCUT2D eigenvalue weighted by Gasteiger charge is -2.36. The topological polar surface area (TPSA) is 94.9 Å². The van der Waals surface area contributed by atoms with Crippen molar-refractivity contribution in [3.05, 3.63) is 69.0 Å². The maximum atomic E-state index is 15.2. The first-order valence-electron chi connectivity index (χ1n) is 10.5. The number of anilines is 1. The molecule has 1 aliphatic rings. The summed E-state index contributed by atoms with van der Waals surface area (Å²) in [5.74, 6) is -1.79. The molecular weight excluding hydrogens is 481 g/mol. The number of rotatable bonds is 4. The first-order valence-corrected chi connectivity index (χ1v) is 12.7. The third kappa shape index (κ3) is 3.80. The summed E-state index contributed by atoms with van der Waals surface area (Å²) in [6, 6.07) is 7.53. The molecule has 0 aliphatic carbocycles. The first kappa shape index (κ1) is 24.0. The van der Waals surface area contributed by atoms with Gasteiger partial charge >= 0.3 is 5.97 Å². The van der Waals surface area contributed by atoms with Gasteiger partial charge < -0.3 is 10.2 Å². The van der Waals surface area contributed by atoms with E-state index in [1.807, 2.05) is 0 Å². The smallest absolute Gasteiger partial charge is 0.307 e. The van der Waals surface area contributed by atoms with E-state index in [0.717, 1.165) is 6.26 Å². The highest BCUT2D eigenvalue weighted by atomic mass is 35.5. The van der Waals surface area contributed by atoms with Crippen LogP contribution in [0.15, 0.2) is 30.3 Å². The Hall–Kier alpha value is -3.10. The molecule has 0 amide bonds. The average molecular weight is 504 g/mol. The molecule has 178 valence electrons. The highest BCUT2D eigenvalue weighted by Gasteiger charge is 2.35.